The van der Waals surface area contributed by atoms with Gasteiger partial charge < -0.3 is 15.4 Å². The van der Waals surface area contributed by atoms with Crippen molar-refractivity contribution in [2.45, 2.75) is 13.2 Å². The topological polar surface area (TPSA) is 60.9 Å². The molecule has 3 rings (SSSR count). The molecule has 0 aliphatic carbocycles. The Balaban J connectivity index is 1.72. The second-order valence-corrected chi connectivity index (χ2v) is 4.58. The smallest absolute Gasteiger partial charge is 0.201 e. The van der Waals surface area contributed by atoms with Gasteiger partial charge >= 0.3 is 0 Å². The van der Waals surface area contributed by atoms with Crippen LogP contribution in [-0.2, 0) is 13.2 Å². The van der Waals surface area contributed by atoms with Gasteiger partial charge in [0.15, 0.2) is 0 Å². The van der Waals surface area contributed by atoms with E-state index < -0.39 is 0 Å². The third-order valence-electron chi connectivity index (χ3n) is 3.11. The predicted molar refractivity (Wildman–Crippen MR) is 75.7 cm³/mol. The summed E-state index contributed by atoms with van der Waals surface area (Å²) in [6.45, 7) is 0.650. The number of imidazole rings is 1. The summed E-state index contributed by atoms with van der Waals surface area (Å²) < 4.78 is 13.1. The molecule has 20 heavy (non-hydrogen) atoms. The van der Waals surface area contributed by atoms with Crippen molar-refractivity contribution in [1.29, 1.82) is 0 Å². The molecule has 0 saturated carbocycles. The molecule has 1 aromatic heterocycles. The first-order valence-electron chi connectivity index (χ1n) is 6.32. The lowest BCUT2D eigenvalue weighted by molar-refractivity contribution is 0.282. The minimum atomic E-state index is -0.285. The molecule has 0 spiro atoms. The van der Waals surface area contributed by atoms with E-state index in [1.54, 1.807) is 6.07 Å². The zero-order chi connectivity index (χ0) is 13.9. The molecule has 0 radical (unpaired) electrons. The predicted octanol–water partition coefficient (Wildman–Crippen LogP) is 2.81. The second-order valence-electron chi connectivity index (χ2n) is 4.58. The molecule has 0 unspecified atom stereocenters. The number of aromatic nitrogens is 2. The number of aromatic amines is 1. The molecule has 0 amide bonds. The Morgan fingerprint density at radius 3 is 2.60 bits per heavy atom. The average molecular weight is 271 g/mol. The highest BCUT2D eigenvalue weighted by Gasteiger charge is 2.03. The minimum absolute atomic E-state index is 0.0445. The Morgan fingerprint density at radius 2 is 1.85 bits per heavy atom. The van der Waals surface area contributed by atoms with Crippen LogP contribution in [0.2, 0.25) is 0 Å². The molecule has 0 aliphatic heterocycles. The van der Waals surface area contributed by atoms with Gasteiger partial charge in [-0.05, 0) is 29.3 Å². The third-order valence-corrected chi connectivity index (χ3v) is 3.11. The van der Waals surface area contributed by atoms with Crippen LogP contribution in [0, 0.1) is 5.82 Å². The average Bonchev–Trinajstić information content (AvgIpc) is 2.87. The Morgan fingerprint density at radius 1 is 1.10 bits per heavy atom. The number of aliphatic hydroxyl groups is 1. The van der Waals surface area contributed by atoms with Crippen molar-refractivity contribution in [2.24, 2.45) is 0 Å². The first kappa shape index (κ1) is 12.6. The number of hydrogen-bond acceptors (Lipinski definition) is 3. The van der Waals surface area contributed by atoms with E-state index in [1.807, 2.05) is 24.3 Å². The van der Waals surface area contributed by atoms with Crippen molar-refractivity contribution in [2.75, 3.05) is 5.32 Å². The van der Waals surface area contributed by atoms with E-state index in [0.29, 0.717) is 18.0 Å². The SMILES string of the molecule is OCc1ccc(CNc2nc3ccc(F)cc3[nH]2)cc1. The number of halogens is 1. The molecular weight excluding hydrogens is 257 g/mol. The Kier molecular flexibility index (Phi) is 3.35. The summed E-state index contributed by atoms with van der Waals surface area (Å²) in [4.78, 5) is 7.36. The van der Waals surface area contributed by atoms with Crippen molar-refractivity contribution in [3.05, 3.63) is 59.4 Å². The summed E-state index contributed by atoms with van der Waals surface area (Å²) in [6, 6.07) is 12.1. The Labute approximate surface area is 115 Å². The first-order valence-corrected chi connectivity index (χ1v) is 6.32. The van der Waals surface area contributed by atoms with E-state index in [1.165, 1.54) is 12.1 Å². The zero-order valence-electron chi connectivity index (χ0n) is 10.7. The van der Waals surface area contributed by atoms with Gasteiger partial charge in [-0.2, -0.15) is 0 Å². The van der Waals surface area contributed by atoms with Crippen molar-refractivity contribution in [3.63, 3.8) is 0 Å². The summed E-state index contributed by atoms with van der Waals surface area (Å²) in [7, 11) is 0. The molecule has 3 N–H and O–H groups in total. The zero-order valence-corrected chi connectivity index (χ0v) is 10.7. The number of H-pyrrole nitrogens is 1. The molecule has 0 bridgehead atoms. The lowest BCUT2D eigenvalue weighted by Gasteiger charge is -2.03. The lowest BCUT2D eigenvalue weighted by atomic mass is 10.1. The van der Waals surface area contributed by atoms with Crippen LogP contribution in [-0.4, -0.2) is 15.1 Å². The molecule has 1 heterocycles. The fourth-order valence-electron chi connectivity index (χ4n) is 2.01. The van der Waals surface area contributed by atoms with Crippen LogP contribution in [0.15, 0.2) is 42.5 Å². The van der Waals surface area contributed by atoms with Gasteiger partial charge in [0.1, 0.15) is 5.82 Å². The van der Waals surface area contributed by atoms with Crippen molar-refractivity contribution in [1.82, 2.24) is 9.97 Å². The number of aliphatic hydroxyl groups excluding tert-OH is 1. The van der Waals surface area contributed by atoms with Gasteiger partial charge in [0, 0.05) is 6.54 Å². The third kappa shape index (κ3) is 2.62. The van der Waals surface area contributed by atoms with E-state index in [4.69, 9.17) is 5.11 Å². The van der Waals surface area contributed by atoms with E-state index in [2.05, 4.69) is 15.3 Å². The summed E-state index contributed by atoms with van der Waals surface area (Å²) in [5.41, 5.74) is 3.36. The van der Waals surface area contributed by atoms with Gasteiger partial charge in [-0.15, -0.1) is 0 Å². The first-order chi connectivity index (χ1) is 9.74. The highest BCUT2D eigenvalue weighted by atomic mass is 19.1. The number of nitrogens with one attached hydrogen (secondary N) is 2. The van der Waals surface area contributed by atoms with Gasteiger partial charge in [-0.1, -0.05) is 24.3 Å². The molecule has 0 atom stereocenters. The molecule has 2 aromatic carbocycles. The van der Waals surface area contributed by atoms with Crippen LogP contribution in [0.3, 0.4) is 0 Å². The van der Waals surface area contributed by atoms with Crippen LogP contribution < -0.4 is 5.32 Å². The maximum absolute atomic E-state index is 13.1. The van der Waals surface area contributed by atoms with Crippen LogP contribution in [0.4, 0.5) is 10.3 Å². The fraction of sp³-hybridized carbons (Fsp3) is 0.133. The maximum atomic E-state index is 13.1. The number of benzene rings is 2. The van der Waals surface area contributed by atoms with E-state index >= 15 is 0 Å². The summed E-state index contributed by atoms with van der Waals surface area (Å²) >= 11 is 0. The summed E-state index contributed by atoms with van der Waals surface area (Å²) in [5.74, 6) is 0.323. The Hall–Kier alpha value is -2.40. The number of rotatable bonds is 4. The van der Waals surface area contributed by atoms with Gasteiger partial charge in [0.25, 0.3) is 0 Å². The summed E-state index contributed by atoms with van der Waals surface area (Å²) in [5, 5.41) is 12.1. The number of nitrogens with zero attached hydrogens (tertiary/aromatic N) is 1. The molecule has 5 heteroatoms. The van der Waals surface area contributed by atoms with E-state index in [9.17, 15) is 4.39 Å². The standard InChI is InChI=1S/C15H14FN3O/c16-12-5-6-13-14(7-12)19-15(18-13)17-8-10-1-3-11(9-20)4-2-10/h1-7,20H,8-9H2,(H2,17,18,19). The fourth-order valence-corrected chi connectivity index (χ4v) is 2.01. The van der Waals surface area contributed by atoms with Crippen LogP contribution in [0.1, 0.15) is 11.1 Å². The largest absolute Gasteiger partial charge is 0.392 e. The minimum Gasteiger partial charge on any atom is -0.392 e. The van der Waals surface area contributed by atoms with E-state index in [0.717, 1.165) is 16.6 Å². The Bertz CT molecular complexity index is 722. The molecule has 0 saturated heterocycles. The number of hydrogen-bond donors (Lipinski definition) is 3. The van der Waals surface area contributed by atoms with Crippen LogP contribution in [0.5, 0.6) is 0 Å². The quantitative estimate of drug-likeness (QED) is 0.684. The van der Waals surface area contributed by atoms with Gasteiger partial charge in [-0.25, -0.2) is 9.37 Å². The maximum Gasteiger partial charge on any atom is 0.201 e. The highest BCUT2D eigenvalue weighted by Crippen LogP contribution is 2.16. The van der Waals surface area contributed by atoms with Crippen LogP contribution >= 0.6 is 0 Å². The van der Waals surface area contributed by atoms with Crippen LogP contribution in [0.25, 0.3) is 11.0 Å². The molecule has 0 aliphatic rings. The molecule has 4 nitrogen and oxygen atoms in total. The lowest BCUT2D eigenvalue weighted by Crippen LogP contribution is -2.00. The molecule has 0 fully saturated rings. The van der Waals surface area contributed by atoms with E-state index in [-0.39, 0.29) is 12.4 Å². The van der Waals surface area contributed by atoms with Gasteiger partial charge in [-0.3, -0.25) is 0 Å². The van der Waals surface area contributed by atoms with Crippen molar-refractivity contribution in [3.8, 4) is 0 Å². The second kappa shape index (κ2) is 5.30. The molecule has 102 valence electrons. The molecular formula is C15H14FN3O. The normalized spacial score (nSPS) is 10.9. The van der Waals surface area contributed by atoms with Gasteiger partial charge in [0.2, 0.25) is 5.95 Å². The highest BCUT2D eigenvalue weighted by molar-refractivity contribution is 5.77. The molecule has 3 aromatic rings. The van der Waals surface area contributed by atoms with Crippen molar-refractivity contribution >= 4 is 17.0 Å². The summed E-state index contributed by atoms with van der Waals surface area (Å²) in [6.07, 6.45) is 0. The van der Waals surface area contributed by atoms with Crippen molar-refractivity contribution < 1.29 is 9.50 Å². The number of fused-ring (bicyclic) bond motifs is 1. The number of anilines is 1. The van der Waals surface area contributed by atoms with Gasteiger partial charge in [0.05, 0.1) is 17.6 Å². The monoisotopic (exact) mass is 271 g/mol.